The van der Waals surface area contributed by atoms with Gasteiger partial charge in [-0.2, -0.15) is 5.10 Å². The highest BCUT2D eigenvalue weighted by atomic mass is 79.9. The van der Waals surface area contributed by atoms with Gasteiger partial charge in [0.2, 0.25) is 0 Å². The predicted octanol–water partition coefficient (Wildman–Crippen LogP) is 2.09. The van der Waals surface area contributed by atoms with Crippen molar-refractivity contribution in [2.75, 3.05) is 18.0 Å². The van der Waals surface area contributed by atoms with Crippen molar-refractivity contribution in [2.45, 2.75) is 18.2 Å². The van der Waals surface area contributed by atoms with Crippen molar-refractivity contribution in [1.29, 1.82) is 0 Å². The molecule has 14 heavy (non-hydrogen) atoms. The van der Waals surface area contributed by atoms with Crippen LogP contribution in [0.2, 0.25) is 0 Å². The number of halogens is 1. The molecule has 0 aliphatic carbocycles. The van der Waals surface area contributed by atoms with Crippen LogP contribution in [0.5, 0.6) is 0 Å². The minimum absolute atomic E-state index is 0.568. The molecule has 0 radical (unpaired) electrons. The highest BCUT2D eigenvalue weighted by Gasteiger charge is 2.24. The van der Waals surface area contributed by atoms with E-state index < -0.39 is 0 Å². The molecule has 2 unspecified atom stereocenters. The summed E-state index contributed by atoms with van der Waals surface area (Å²) in [5.41, 5.74) is 0. The third-order valence-electron chi connectivity index (χ3n) is 2.75. The fourth-order valence-electron chi connectivity index (χ4n) is 1.69. The second-order valence-electron chi connectivity index (χ2n) is 3.81. The summed E-state index contributed by atoms with van der Waals surface area (Å²) in [6.45, 7) is 4.40. The molecule has 3 nitrogen and oxygen atoms in total. The van der Waals surface area contributed by atoms with Crippen LogP contribution in [-0.4, -0.2) is 28.1 Å². The number of aromatic nitrogens is 2. The maximum Gasteiger partial charge on any atom is 0.151 e. The molecule has 1 aliphatic rings. The van der Waals surface area contributed by atoms with Crippen molar-refractivity contribution in [3.8, 4) is 0 Å². The van der Waals surface area contributed by atoms with Gasteiger partial charge in [0.1, 0.15) is 0 Å². The second kappa shape index (κ2) is 4.26. The molecule has 4 heteroatoms. The maximum absolute atomic E-state index is 4.12. The summed E-state index contributed by atoms with van der Waals surface area (Å²) in [4.78, 5) is 2.85. The molecule has 0 spiro atoms. The van der Waals surface area contributed by atoms with E-state index in [0.717, 1.165) is 24.8 Å². The van der Waals surface area contributed by atoms with Gasteiger partial charge >= 0.3 is 0 Å². The lowest BCUT2D eigenvalue weighted by atomic mass is 9.99. The van der Waals surface area contributed by atoms with E-state index in [1.807, 2.05) is 12.1 Å². The van der Waals surface area contributed by atoms with Crippen LogP contribution in [-0.2, 0) is 0 Å². The number of rotatable bonds is 1. The molecule has 0 saturated carbocycles. The predicted molar refractivity (Wildman–Crippen MR) is 60.7 cm³/mol. The number of hydrogen-bond donors (Lipinski definition) is 0. The normalized spacial score (nSPS) is 27.7. The molecule has 0 bridgehead atoms. The van der Waals surface area contributed by atoms with Gasteiger partial charge in [0, 0.05) is 24.1 Å². The first kappa shape index (κ1) is 9.90. The average Bonchev–Trinajstić information content (AvgIpc) is 2.23. The molecule has 2 atom stereocenters. The first-order chi connectivity index (χ1) is 6.77. The fraction of sp³-hybridized carbons (Fsp3) is 0.600. The van der Waals surface area contributed by atoms with E-state index in [2.05, 4.69) is 38.0 Å². The van der Waals surface area contributed by atoms with E-state index in [9.17, 15) is 0 Å². The monoisotopic (exact) mass is 255 g/mol. The van der Waals surface area contributed by atoms with Crippen LogP contribution in [0.4, 0.5) is 5.82 Å². The zero-order valence-electron chi connectivity index (χ0n) is 8.23. The van der Waals surface area contributed by atoms with Crippen molar-refractivity contribution in [2.24, 2.45) is 5.92 Å². The molecular formula is C10H14BrN3. The van der Waals surface area contributed by atoms with Crippen molar-refractivity contribution in [3.05, 3.63) is 18.3 Å². The van der Waals surface area contributed by atoms with Crippen LogP contribution < -0.4 is 4.90 Å². The van der Waals surface area contributed by atoms with Crippen molar-refractivity contribution in [3.63, 3.8) is 0 Å². The van der Waals surface area contributed by atoms with E-state index in [-0.39, 0.29) is 0 Å². The first-order valence-corrected chi connectivity index (χ1v) is 5.85. The Hall–Kier alpha value is -0.640. The molecule has 2 heterocycles. The largest absolute Gasteiger partial charge is 0.354 e. The standard InChI is InChI=1S/C10H14BrN3/c1-8-4-6-14(7-9(8)11)10-3-2-5-12-13-10/h2-3,5,8-9H,4,6-7H2,1H3. The quantitative estimate of drug-likeness (QED) is 0.720. The zero-order valence-corrected chi connectivity index (χ0v) is 9.81. The van der Waals surface area contributed by atoms with Crippen molar-refractivity contribution in [1.82, 2.24) is 10.2 Å². The average molecular weight is 256 g/mol. The van der Waals surface area contributed by atoms with Crippen LogP contribution >= 0.6 is 15.9 Å². The van der Waals surface area contributed by atoms with E-state index in [1.54, 1.807) is 6.20 Å². The fourth-order valence-corrected chi connectivity index (χ4v) is 2.31. The van der Waals surface area contributed by atoms with Crippen LogP contribution in [0.15, 0.2) is 18.3 Å². The van der Waals surface area contributed by atoms with Gasteiger partial charge in [0.15, 0.2) is 5.82 Å². The highest BCUT2D eigenvalue weighted by molar-refractivity contribution is 9.09. The zero-order chi connectivity index (χ0) is 9.97. The summed E-state index contributed by atoms with van der Waals surface area (Å²) < 4.78 is 0. The number of nitrogens with zero attached hydrogens (tertiary/aromatic N) is 3. The number of hydrogen-bond acceptors (Lipinski definition) is 3. The minimum atomic E-state index is 0.568. The molecule has 0 aromatic carbocycles. The van der Waals surface area contributed by atoms with Crippen LogP contribution in [0.25, 0.3) is 0 Å². The smallest absolute Gasteiger partial charge is 0.151 e. The Morgan fingerprint density at radius 2 is 2.43 bits per heavy atom. The number of piperidine rings is 1. The molecule has 1 aromatic rings. The molecule has 1 aromatic heterocycles. The van der Waals surface area contributed by atoms with E-state index in [4.69, 9.17) is 0 Å². The molecule has 1 saturated heterocycles. The second-order valence-corrected chi connectivity index (χ2v) is 4.99. The third kappa shape index (κ3) is 2.05. The van der Waals surface area contributed by atoms with Gasteiger partial charge in [-0.05, 0) is 24.5 Å². The van der Waals surface area contributed by atoms with Gasteiger partial charge in [-0.25, -0.2) is 0 Å². The summed E-state index contributed by atoms with van der Waals surface area (Å²) in [5, 5.41) is 8.01. The molecule has 0 N–H and O–H groups in total. The Kier molecular flexibility index (Phi) is 3.01. The Balaban J connectivity index is 2.07. The number of alkyl halides is 1. The van der Waals surface area contributed by atoms with Crippen LogP contribution in [0.1, 0.15) is 13.3 Å². The Morgan fingerprint density at radius 1 is 1.57 bits per heavy atom. The van der Waals surface area contributed by atoms with Gasteiger partial charge in [0.25, 0.3) is 0 Å². The van der Waals surface area contributed by atoms with Crippen molar-refractivity contribution < 1.29 is 0 Å². The minimum Gasteiger partial charge on any atom is -0.354 e. The lowest BCUT2D eigenvalue weighted by molar-refractivity contribution is 0.453. The van der Waals surface area contributed by atoms with Gasteiger partial charge in [-0.15, -0.1) is 5.10 Å². The van der Waals surface area contributed by atoms with Gasteiger partial charge in [0.05, 0.1) is 0 Å². The van der Waals surface area contributed by atoms with Crippen molar-refractivity contribution >= 4 is 21.7 Å². The topological polar surface area (TPSA) is 29.0 Å². The molecular weight excluding hydrogens is 242 g/mol. The summed E-state index contributed by atoms with van der Waals surface area (Å²) in [7, 11) is 0. The highest BCUT2D eigenvalue weighted by Crippen LogP contribution is 2.25. The van der Waals surface area contributed by atoms with Gasteiger partial charge in [-0.3, -0.25) is 0 Å². The molecule has 0 amide bonds. The van der Waals surface area contributed by atoms with Gasteiger partial charge < -0.3 is 4.90 Å². The summed E-state index contributed by atoms with van der Waals surface area (Å²) >= 11 is 3.70. The van der Waals surface area contributed by atoms with Crippen LogP contribution in [0, 0.1) is 5.92 Å². The Labute approximate surface area is 92.7 Å². The Morgan fingerprint density at radius 3 is 3.07 bits per heavy atom. The SMILES string of the molecule is CC1CCN(c2cccnn2)CC1Br. The third-order valence-corrected chi connectivity index (χ3v) is 3.94. The molecule has 1 fully saturated rings. The lowest BCUT2D eigenvalue weighted by Gasteiger charge is -2.34. The Bertz CT molecular complexity index is 291. The molecule has 1 aliphatic heterocycles. The maximum atomic E-state index is 4.12. The first-order valence-electron chi connectivity index (χ1n) is 4.94. The number of anilines is 1. The van der Waals surface area contributed by atoms with E-state index in [1.165, 1.54) is 6.42 Å². The van der Waals surface area contributed by atoms with Crippen LogP contribution in [0.3, 0.4) is 0 Å². The molecule has 76 valence electrons. The van der Waals surface area contributed by atoms with E-state index in [0.29, 0.717) is 4.83 Å². The summed E-state index contributed by atoms with van der Waals surface area (Å²) in [6.07, 6.45) is 2.92. The summed E-state index contributed by atoms with van der Waals surface area (Å²) in [5.74, 6) is 1.74. The molecule has 2 rings (SSSR count). The summed E-state index contributed by atoms with van der Waals surface area (Å²) in [6, 6.07) is 3.95. The lowest BCUT2D eigenvalue weighted by Crippen LogP contribution is -2.40. The van der Waals surface area contributed by atoms with Gasteiger partial charge in [-0.1, -0.05) is 22.9 Å². The van der Waals surface area contributed by atoms with E-state index >= 15 is 0 Å².